The molecule has 0 bridgehead atoms. The highest BCUT2D eigenvalue weighted by atomic mass is 14.3. The zero-order chi connectivity index (χ0) is 11.9. The van der Waals surface area contributed by atoms with Gasteiger partial charge < -0.3 is 0 Å². The minimum atomic E-state index is 0.502. The molecule has 0 aromatic heterocycles. The molecular formula is C15H32. The van der Waals surface area contributed by atoms with Crippen LogP contribution in [0.25, 0.3) is 0 Å². The van der Waals surface area contributed by atoms with E-state index in [-0.39, 0.29) is 0 Å². The molecule has 0 heterocycles. The Labute approximate surface area is 97.8 Å². The van der Waals surface area contributed by atoms with Crippen LogP contribution >= 0.6 is 0 Å². The van der Waals surface area contributed by atoms with E-state index in [1.807, 2.05) is 0 Å². The highest BCUT2D eigenvalue weighted by Crippen LogP contribution is 2.34. The molecule has 0 fully saturated rings. The van der Waals surface area contributed by atoms with Gasteiger partial charge in [0.15, 0.2) is 0 Å². The maximum Gasteiger partial charge on any atom is -0.0354 e. The summed E-state index contributed by atoms with van der Waals surface area (Å²) in [7, 11) is 0. The molecular weight excluding hydrogens is 180 g/mol. The molecule has 0 rings (SSSR count). The van der Waals surface area contributed by atoms with Crippen LogP contribution in [0.1, 0.15) is 80.1 Å². The van der Waals surface area contributed by atoms with Crippen LogP contribution in [0.15, 0.2) is 0 Å². The Kier molecular flexibility index (Phi) is 7.30. The summed E-state index contributed by atoms with van der Waals surface area (Å²) in [6.07, 6.45) is 8.35. The van der Waals surface area contributed by atoms with Crippen LogP contribution in [-0.2, 0) is 0 Å². The molecule has 2 atom stereocenters. The lowest BCUT2D eigenvalue weighted by Crippen LogP contribution is -2.21. The Morgan fingerprint density at radius 1 is 0.800 bits per heavy atom. The fraction of sp³-hybridized carbons (Fsp3) is 1.00. The monoisotopic (exact) mass is 212 g/mol. The van der Waals surface area contributed by atoms with Crippen LogP contribution < -0.4 is 0 Å². The summed E-state index contributed by atoms with van der Waals surface area (Å²) in [5.41, 5.74) is 0.502. The van der Waals surface area contributed by atoms with Crippen LogP contribution in [-0.4, -0.2) is 0 Å². The Bertz CT molecular complexity index is 141. The van der Waals surface area contributed by atoms with Gasteiger partial charge in [-0.2, -0.15) is 0 Å². The Balaban J connectivity index is 3.96. The van der Waals surface area contributed by atoms with E-state index in [2.05, 4.69) is 41.5 Å². The zero-order valence-corrected chi connectivity index (χ0v) is 11.9. The predicted molar refractivity (Wildman–Crippen MR) is 71.2 cm³/mol. The third-order valence-electron chi connectivity index (χ3n) is 3.65. The van der Waals surface area contributed by atoms with Crippen molar-refractivity contribution in [3.8, 4) is 0 Å². The minimum absolute atomic E-state index is 0.502. The molecule has 0 nitrogen and oxygen atoms in total. The van der Waals surface area contributed by atoms with Gasteiger partial charge in [0, 0.05) is 0 Å². The SMILES string of the molecule is CCCC(C)CCC(CCC)C(C)(C)C. The standard InChI is InChI=1S/C15H32/c1-7-9-13(3)11-12-14(10-8-2)15(4,5)6/h13-14H,7-12H2,1-6H3. The Hall–Kier alpha value is 0. The summed E-state index contributed by atoms with van der Waals surface area (Å²) in [4.78, 5) is 0. The van der Waals surface area contributed by atoms with Crippen molar-refractivity contribution >= 4 is 0 Å². The van der Waals surface area contributed by atoms with Crippen LogP contribution in [0.2, 0.25) is 0 Å². The molecule has 0 spiro atoms. The van der Waals surface area contributed by atoms with E-state index in [1.165, 1.54) is 38.5 Å². The van der Waals surface area contributed by atoms with E-state index >= 15 is 0 Å². The van der Waals surface area contributed by atoms with Crippen molar-refractivity contribution in [1.29, 1.82) is 0 Å². The number of hydrogen-bond donors (Lipinski definition) is 0. The quantitative estimate of drug-likeness (QED) is 0.510. The highest BCUT2D eigenvalue weighted by molar-refractivity contribution is 4.74. The Morgan fingerprint density at radius 2 is 1.33 bits per heavy atom. The van der Waals surface area contributed by atoms with Crippen LogP contribution in [0, 0.1) is 17.3 Å². The number of hydrogen-bond acceptors (Lipinski definition) is 0. The summed E-state index contributed by atoms with van der Waals surface area (Å²) in [5, 5.41) is 0. The molecule has 15 heavy (non-hydrogen) atoms. The van der Waals surface area contributed by atoms with E-state index in [1.54, 1.807) is 0 Å². The summed E-state index contributed by atoms with van der Waals surface area (Å²) >= 11 is 0. The molecule has 0 aromatic rings. The first-order valence-corrected chi connectivity index (χ1v) is 6.91. The molecule has 0 N–H and O–H groups in total. The molecule has 2 unspecified atom stereocenters. The van der Waals surface area contributed by atoms with E-state index in [0.29, 0.717) is 5.41 Å². The van der Waals surface area contributed by atoms with Gasteiger partial charge in [-0.05, 0) is 23.7 Å². The smallest absolute Gasteiger partial charge is 0.0354 e. The maximum absolute atomic E-state index is 2.41. The summed E-state index contributed by atoms with van der Waals surface area (Å²) in [6, 6.07) is 0. The summed E-state index contributed by atoms with van der Waals surface area (Å²) in [6.45, 7) is 14.2. The third kappa shape index (κ3) is 6.98. The fourth-order valence-corrected chi connectivity index (χ4v) is 2.48. The van der Waals surface area contributed by atoms with Gasteiger partial charge in [-0.3, -0.25) is 0 Å². The normalized spacial score (nSPS) is 16.4. The fourth-order valence-electron chi connectivity index (χ4n) is 2.48. The van der Waals surface area contributed by atoms with Crippen LogP contribution in [0.4, 0.5) is 0 Å². The average molecular weight is 212 g/mol. The van der Waals surface area contributed by atoms with Gasteiger partial charge in [0.25, 0.3) is 0 Å². The highest BCUT2D eigenvalue weighted by Gasteiger charge is 2.23. The lowest BCUT2D eigenvalue weighted by atomic mass is 9.74. The molecule has 0 aliphatic rings. The topological polar surface area (TPSA) is 0 Å². The van der Waals surface area contributed by atoms with Gasteiger partial charge in [-0.1, -0.05) is 73.6 Å². The third-order valence-corrected chi connectivity index (χ3v) is 3.65. The van der Waals surface area contributed by atoms with Gasteiger partial charge in [-0.15, -0.1) is 0 Å². The van der Waals surface area contributed by atoms with Crippen molar-refractivity contribution in [3.63, 3.8) is 0 Å². The second-order valence-electron chi connectivity index (χ2n) is 6.32. The van der Waals surface area contributed by atoms with Crippen molar-refractivity contribution in [3.05, 3.63) is 0 Å². The van der Waals surface area contributed by atoms with Gasteiger partial charge >= 0.3 is 0 Å². The molecule has 0 radical (unpaired) electrons. The molecule has 0 amide bonds. The van der Waals surface area contributed by atoms with Gasteiger partial charge in [0.05, 0.1) is 0 Å². The second-order valence-corrected chi connectivity index (χ2v) is 6.32. The van der Waals surface area contributed by atoms with E-state index < -0.39 is 0 Å². The molecule has 0 aliphatic carbocycles. The first-order valence-electron chi connectivity index (χ1n) is 6.91. The molecule has 0 aliphatic heterocycles. The van der Waals surface area contributed by atoms with Gasteiger partial charge in [-0.25, -0.2) is 0 Å². The van der Waals surface area contributed by atoms with Crippen LogP contribution in [0.5, 0.6) is 0 Å². The summed E-state index contributed by atoms with van der Waals surface area (Å²) in [5.74, 6) is 1.85. The van der Waals surface area contributed by atoms with Crippen molar-refractivity contribution in [2.75, 3.05) is 0 Å². The van der Waals surface area contributed by atoms with E-state index in [4.69, 9.17) is 0 Å². The molecule has 0 heteroatoms. The number of rotatable bonds is 7. The first kappa shape index (κ1) is 15.0. The predicted octanol–water partition coefficient (Wildman–Crippen LogP) is 5.67. The van der Waals surface area contributed by atoms with Crippen molar-refractivity contribution in [2.24, 2.45) is 17.3 Å². The van der Waals surface area contributed by atoms with Crippen molar-refractivity contribution in [2.45, 2.75) is 80.1 Å². The van der Waals surface area contributed by atoms with Crippen LogP contribution in [0.3, 0.4) is 0 Å². The molecule has 0 aromatic carbocycles. The maximum atomic E-state index is 2.41. The van der Waals surface area contributed by atoms with E-state index in [0.717, 1.165) is 11.8 Å². The van der Waals surface area contributed by atoms with Crippen molar-refractivity contribution < 1.29 is 0 Å². The molecule has 0 saturated carbocycles. The second kappa shape index (κ2) is 7.30. The van der Waals surface area contributed by atoms with Crippen molar-refractivity contribution in [1.82, 2.24) is 0 Å². The molecule has 0 saturated heterocycles. The van der Waals surface area contributed by atoms with E-state index in [9.17, 15) is 0 Å². The van der Waals surface area contributed by atoms with Gasteiger partial charge in [0.2, 0.25) is 0 Å². The molecule has 92 valence electrons. The minimum Gasteiger partial charge on any atom is -0.0654 e. The lowest BCUT2D eigenvalue weighted by molar-refractivity contribution is 0.196. The summed E-state index contributed by atoms with van der Waals surface area (Å²) < 4.78 is 0. The largest absolute Gasteiger partial charge is 0.0654 e. The Morgan fingerprint density at radius 3 is 1.73 bits per heavy atom. The zero-order valence-electron chi connectivity index (χ0n) is 11.9. The lowest BCUT2D eigenvalue weighted by Gasteiger charge is -2.31. The van der Waals surface area contributed by atoms with Gasteiger partial charge in [0.1, 0.15) is 0 Å². The first-order chi connectivity index (χ1) is 6.91. The average Bonchev–Trinajstić information content (AvgIpc) is 2.10.